The van der Waals surface area contributed by atoms with Crippen molar-refractivity contribution in [3.8, 4) is 0 Å². The van der Waals surface area contributed by atoms with Gasteiger partial charge in [0.1, 0.15) is 0 Å². The molecule has 0 aromatic heterocycles. The van der Waals surface area contributed by atoms with Crippen molar-refractivity contribution in [1.29, 1.82) is 0 Å². The summed E-state index contributed by atoms with van der Waals surface area (Å²) in [5, 5.41) is 3.38. The Balaban J connectivity index is 2.61. The maximum Gasteiger partial charge on any atom is 0.242 e. The zero-order valence-corrected chi connectivity index (χ0v) is 11.2. The largest absolute Gasteiger partial charge is 0.341 e. The Morgan fingerprint density at radius 1 is 1.50 bits per heavy atom. The molecule has 0 aromatic rings. The molecule has 0 spiro atoms. The first-order chi connectivity index (χ1) is 7.51. The second kappa shape index (κ2) is 5.67. The molecule has 1 amide bonds. The molecule has 0 bridgehead atoms. The third-order valence-electron chi connectivity index (χ3n) is 3.78. The normalized spacial score (nSPS) is 27.5. The Bertz CT molecular complexity index is 234. The SMILES string of the molecule is CCCC(C)N(C)C(=O)C1(C)CCCCN1. The van der Waals surface area contributed by atoms with Crippen molar-refractivity contribution in [3.63, 3.8) is 0 Å². The van der Waals surface area contributed by atoms with Crippen molar-refractivity contribution in [3.05, 3.63) is 0 Å². The Morgan fingerprint density at radius 3 is 2.69 bits per heavy atom. The van der Waals surface area contributed by atoms with E-state index in [1.807, 2.05) is 18.9 Å². The summed E-state index contributed by atoms with van der Waals surface area (Å²) in [4.78, 5) is 14.3. The number of nitrogens with one attached hydrogen (secondary N) is 1. The Labute approximate surface area is 99.6 Å². The molecule has 0 aliphatic carbocycles. The molecule has 0 saturated carbocycles. The van der Waals surface area contributed by atoms with E-state index in [4.69, 9.17) is 0 Å². The molecule has 3 heteroatoms. The summed E-state index contributed by atoms with van der Waals surface area (Å²) in [6, 6.07) is 0.345. The van der Waals surface area contributed by atoms with E-state index >= 15 is 0 Å². The first kappa shape index (κ1) is 13.5. The van der Waals surface area contributed by atoms with Crippen LogP contribution in [0.3, 0.4) is 0 Å². The van der Waals surface area contributed by atoms with Gasteiger partial charge in [0.15, 0.2) is 0 Å². The minimum atomic E-state index is -0.324. The zero-order valence-electron chi connectivity index (χ0n) is 11.2. The van der Waals surface area contributed by atoms with Crippen LogP contribution in [0.15, 0.2) is 0 Å². The minimum absolute atomic E-state index is 0.258. The van der Waals surface area contributed by atoms with E-state index < -0.39 is 0 Å². The van der Waals surface area contributed by atoms with Gasteiger partial charge < -0.3 is 10.2 Å². The highest BCUT2D eigenvalue weighted by atomic mass is 16.2. The summed E-state index contributed by atoms with van der Waals surface area (Å²) >= 11 is 0. The number of piperidine rings is 1. The quantitative estimate of drug-likeness (QED) is 0.797. The van der Waals surface area contributed by atoms with Gasteiger partial charge in [0.25, 0.3) is 0 Å². The van der Waals surface area contributed by atoms with Gasteiger partial charge in [-0.3, -0.25) is 4.79 Å². The van der Waals surface area contributed by atoms with Crippen LogP contribution in [0.5, 0.6) is 0 Å². The van der Waals surface area contributed by atoms with Crippen LogP contribution in [0.4, 0.5) is 0 Å². The third kappa shape index (κ3) is 2.97. The minimum Gasteiger partial charge on any atom is -0.341 e. The molecule has 16 heavy (non-hydrogen) atoms. The van der Waals surface area contributed by atoms with E-state index in [0.717, 1.165) is 32.2 Å². The van der Waals surface area contributed by atoms with Gasteiger partial charge in [-0.15, -0.1) is 0 Å². The number of hydrogen-bond donors (Lipinski definition) is 1. The molecule has 1 aliphatic heterocycles. The Kier molecular flexibility index (Phi) is 4.78. The molecule has 1 rings (SSSR count). The summed E-state index contributed by atoms with van der Waals surface area (Å²) in [6.07, 6.45) is 5.53. The molecule has 2 unspecified atom stereocenters. The first-order valence-corrected chi connectivity index (χ1v) is 6.53. The van der Waals surface area contributed by atoms with Crippen LogP contribution in [-0.2, 0) is 4.79 Å². The van der Waals surface area contributed by atoms with Gasteiger partial charge in [-0.05, 0) is 46.1 Å². The van der Waals surface area contributed by atoms with Crippen LogP contribution < -0.4 is 5.32 Å². The van der Waals surface area contributed by atoms with Crippen LogP contribution in [0, 0.1) is 0 Å². The predicted molar refractivity (Wildman–Crippen MR) is 67.4 cm³/mol. The van der Waals surface area contributed by atoms with E-state index in [0.29, 0.717) is 6.04 Å². The highest BCUT2D eigenvalue weighted by Gasteiger charge is 2.37. The fourth-order valence-electron chi connectivity index (χ4n) is 2.44. The molecule has 1 fully saturated rings. The molecule has 1 aliphatic rings. The molecule has 94 valence electrons. The van der Waals surface area contributed by atoms with Crippen LogP contribution >= 0.6 is 0 Å². The topological polar surface area (TPSA) is 32.3 Å². The van der Waals surface area contributed by atoms with Crippen LogP contribution in [0.25, 0.3) is 0 Å². The highest BCUT2D eigenvalue weighted by Crippen LogP contribution is 2.22. The van der Waals surface area contributed by atoms with Gasteiger partial charge in [0, 0.05) is 13.1 Å². The van der Waals surface area contributed by atoms with Gasteiger partial charge in [-0.2, -0.15) is 0 Å². The summed E-state index contributed by atoms with van der Waals surface area (Å²) in [6.45, 7) is 7.31. The summed E-state index contributed by atoms with van der Waals surface area (Å²) in [5.74, 6) is 0.258. The Morgan fingerprint density at radius 2 is 2.19 bits per heavy atom. The highest BCUT2D eigenvalue weighted by molar-refractivity contribution is 5.86. The van der Waals surface area contributed by atoms with Crippen molar-refractivity contribution in [2.45, 2.75) is 64.5 Å². The molecule has 1 saturated heterocycles. The second-order valence-corrected chi connectivity index (χ2v) is 5.27. The number of carbonyl (C=O) groups excluding carboxylic acids is 1. The summed E-state index contributed by atoms with van der Waals surface area (Å²) < 4.78 is 0. The number of hydrogen-bond acceptors (Lipinski definition) is 2. The van der Waals surface area contributed by atoms with Crippen molar-refractivity contribution < 1.29 is 4.79 Å². The molecular weight excluding hydrogens is 200 g/mol. The van der Waals surface area contributed by atoms with Crippen molar-refractivity contribution in [2.24, 2.45) is 0 Å². The average Bonchev–Trinajstić information content (AvgIpc) is 2.28. The summed E-state index contributed by atoms with van der Waals surface area (Å²) in [7, 11) is 1.93. The number of likely N-dealkylation sites (N-methyl/N-ethyl adjacent to an activating group) is 1. The number of carbonyl (C=O) groups is 1. The van der Waals surface area contributed by atoms with Crippen molar-refractivity contribution in [1.82, 2.24) is 10.2 Å². The van der Waals surface area contributed by atoms with E-state index in [2.05, 4.69) is 19.2 Å². The summed E-state index contributed by atoms with van der Waals surface area (Å²) in [5.41, 5.74) is -0.324. The molecule has 0 radical (unpaired) electrons. The van der Waals surface area contributed by atoms with E-state index in [9.17, 15) is 4.79 Å². The lowest BCUT2D eigenvalue weighted by atomic mass is 9.89. The van der Waals surface area contributed by atoms with E-state index in [1.165, 1.54) is 6.42 Å². The standard InChI is InChI=1S/C13H26N2O/c1-5-8-11(2)15(4)12(16)13(3)9-6-7-10-14-13/h11,14H,5-10H2,1-4H3. The first-order valence-electron chi connectivity index (χ1n) is 6.53. The van der Waals surface area contributed by atoms with Crippen molar-refractivity contribution in [2.75, 3.05) is 13.6 Å². The van der Waals surface area contributed by atoms with E-state index in [-0.39, 0.29) is 11.4 Å². The maximum atomic E-state index is 12.4. The zero-order chi connectivity index (χ0) is 12.2. The Hall–Kier alpha value is -0.570. The molecule has 0 aromatic carbocycles. The lowest BCUT2D eigenvalue weighted by Gasteiger charge is -2.38. The lowest BCUT2D eigenvalue weighted by Crippen LogP contribution is -2.58. The third-order valence-corrected chi connectivity index (χ3v) is 3.78. The molecule has 3 nitrogen and oxygen atoms in total. The predicted octanol–water partition coefficient (Wildman–Crippen LogP) is 2.17. The smallest absolute Gasteiger partial charge is 0.242 e. The molecule has 1 heterocycles. The van der Waals surface area contributed by atoms with Gasteiger partial charge in [0.2, 0.25) is 5.91 Å². The molecular formula is C13H26N2O. The van der Waals surface area contributed by atoms with E-state index in [1.54, 1.807) is 0 Å². The van der Waals surface area contributed by atoms with Crippen LogP contribution in [0.2, 0.25) is 0 Å². The van der Waals surface area contributed by atoms with Crippen molar-refractivity contribution >= 4 is 5.91 Å². The van der Waals surface area contributed by atoms with Gasteiger partial charge >= 0.3 is 0 Å². The molecule has 1 N–H and O–H groups in total. The number of rotatable bonds is 4. The molecule has 2 atom stereocenters. The van der Waals surface area contributed by atoms with Gasteiger partial charge in [-0.1, -0.05) is 13.3 Å². The second-order valence-electron chi connectivity index (χ2n) is 5.27. The monoisotopic (exact) mass is 226 g/mol. The van der Waals surface area contributed by atoms with Gasteiger partial charge in [-0.25, -0.2) is 0 Å². The van der Waals surface area contributed by atoms with Crippen LogP contribution in [0.1, 0.15) is 52.9 Å². The fourth-order valence-corrected chi connectivity index (χ4v) is 2.44. The number of amides is 1. The number of nitrogens with zero attached hydrogens (tertiary/aromatic N) is 1. The van der Waals surface area contributed by atoms with Crippen LogP contribution in [-0.4, -0.2) is 36.0 Å². The van der Waals surface area contributed by atoms with Gasteiger partial charge in [0.05, 0.1) is 5.54 Å². The average molecular weight is 226 g/mol. The lowest BCUT2D eigenvalue weighted by molar-refractivity contribution is -0.139. The fraction of sp³-hybridized carbons (Fsp3) is 0.923. The maximum absolute atomic E-state index is 12.4.